The van der Waals surface area contributed by atoms with Crippen LogP contribution in [0.3, 0.4) is 0 Å². The zero-order valence-corrected chi connectivity index (χ0v) is 14.6. The van der Waals surface area contributed by atoms with Crippen LogP contribution in [0.25, 0.3) is 0 Å². The number of rotatable bonds is 3. The standard InChI is InChI=1S/C17H14BrF3N4/c18-13-2-3-15(11(7-13)8-22)25-6-5-14(10-25)24-16-4-1-12(9-23-16)17(19,20)21/h1-4,7,9,14H,5-6,10H2,(H,23,24)/t14-/m0/s1. The molecule has 4 nitrogen and oxygen atoms in total. The molecule has 1 aliphatic heterocycles. The van der Waals surface area contributed by atoms with Crippen LogP contribution < -0.4 is 10.2 Å². The Balaban J connectivity index is 1.67. The van der Waals surface area contributed by atoms with Gasteiger partial charge in [0.2, 0.25) is 0 Å². The molecule has 0 saturated carbocycles. The number of hydrogen-bond donors (Lipinski definition) is 1. The van der Waals surface area contributed by atoms with E-state index in [4.69, 9.17) is 0 Å². The third kappa shape index (κ3) is 4.04. The van der Waals surface area contributed by atoms with E-state index in [9.17, 15) is 18.4 Å². The monoisotopic (exact) mass is 410 g/mol. The molecule has 0 amide bonds. The maximum atomic E-state index is 12.6. The molecule has 0 unspecified atom stereocenters. The number of hydrogen-bond acceptors (Lipinski definition) is 4. The van der Waals surface area contributed by atoms with E-state index >= 15 is 0 Å². The lowest BCUT2D eigenvalue weighted by molar-refractivity contribution is -0.137. The highest BCUT2D eigenvalue weighted by atomic mass is 79.9. The Bertz CT molecular complexity index is 799. The Kier molecular flexibility index (Phi) is 4.86. The molecule has 1 aliphatic rings. The number of benzene rings is 1. The maximum absolute atomic E-state index is 12.6. The SMILES string of the molecule is N#Cc1cc(Br)ccc1N1CC[C@H](Nc2ccc(C(F)(F)F)cn2)C1. The Morgan fingerprint density at radius 3 is 2.72 bits per heavy atom. The summed E-state index contributed by atoms with van der Waals surface area (Å²) in [6.45, 7) is 1.41. The summed E-state index contributed by atoms with van der Waals surface area (Å²) >= 11 is 3.35. The van der Waals surface area contributed by atoms with Crippen molar-refractivity contribution in [3.05, 3.63) is 52.1 Å². The van der Waals surface area contributed by atoms with Crippen LogP contribution in [0, 0.1) is 11.3 Å². The average Bonchev–Trinajstić information content (AvgIpc) is 3.02. The molecule has 2 aromatic rings. The van der Waals surface area contributed by atoms with E-state index in [1.807, 2.05) is 12.1 Å². The molecule has 1 saturated heterocycles. The van der Waals surface area contributed by atoms with E-state index in [2.05, 4.69) is 37.2 Å². The van der Waals surface area contributed by atoms with Crippen molar-refractivity contribution in [3.63, 3.8) is 0 Å². The number of nitrogens with one attached hydrogen (secondary N) is 1. The van der Waals surface area contributed by atoms with Crippen molar-refractivity contribution in [1.82, 2.24) is 4.98 Å². The Morgan fingerprint density at radius 2 is 2.08 bits per heavy atom. The van der Waals surface area contributed by atoms with Crippen LogP contribution in [0.4, 0.5) is 24.7 Å². The van der Waals surface area contributed by atoms with Crippen LogP contribution in [0.2, 0.25) is 0 Å². The second-order valence-corrected chi connectivity index (χ2v) is 6.69. The second-order valence-electron chi connectivity index (χ2n) is 5.78. The normalized spacial score (nSPS) is 17.4. The summed E-state index contributed by atoms with van der Waals surface area (Å²) in [7, 11) is 0. The molecule has 0 bridgehead atoms. The summed E-state index contributed by atoms with van der Waals surface area (Å²) < 4.78 is 38.5. The van der Waals surface area contributed by atoms with Gasteiger partial charge in [-0.25, -0.2) is 4.98 Å². The van der Waals surface area contributed by atoms with Gasteiger partial charge in [-0.2, -0.15) is 18.4 Å². The lowest BCUT2D eigenvalue weighted by Gasteiger charge is -2.20. The molecule has 0 aliphatic carbocycles. The minimum absolute atomic E-state index is 0.0550. The molecular weight excluding hydrogens is 397 g/mol. The summed E-state index contributed by atoms with van der Waals surface area (Å²) in [5, 5.41) is 12.4. The lowest BCUT2D eigenvalue weighted by atomic mass is 10.2. The van der Waals surface area contributed by atoms with Crippen LogP contribution >= 0.6 is 15.9 Å². The first-order valence-corrected chi connectivity index (χ1v) is 8.40. The molecule has 1 N–H and O–H groups in total. The topological polar surface area (TPSA) is 52.0 Å². The Morgan fingerprint density at radius 1 is 1.28 bits per heavy atom. The van der Waals surface area contributed by atoms with Crippen LogP contribution in [-0.4, -0.2) is 24.1 Å². The average molecular weight is 411 g/mol. The predicted octanol–water partition coefficient (Wildman–Crippen LogP) is 4.43. The van der Waals surface area contributed by atoms with E-state index in [-0.39, 0.29) is 6.04 Å². The Labute approximate surface area is 151 Å². The summed E-state index contributed by atoms with van der Waals surface area (Å²) in [5.74, 6) is 0.413. The first kappa shape index (κ1) is 17.5. The summed E-state index contributed by atoms with van der Waals surface area (Å²) in [5.41, 5.74) is 0.678. The smallest absolute Gasteiger partial charge is 0.368 e. The fourth-order valence-electron chi connectivity index (χ4n) is 2.83. The highest BCUT2D eigenvalue weighted by Crippen LogP contribution is 2.30. The summed E-state index contributed by atoms with van der Waals surface area (Å²) in [6.07, 6.45) is -2.74. The second kappa shape index (κ2) is 6.92. The molecule has 1 aromatic carbocycles. The van der Waals surface area contributed by atoms with Crippen molar-refractivity contribution >= 4 is 27.4 Å². The number of nitriles is 1. The van der Waals surface area contributed by atoms with Gasteiger partial charge in [0.1, 0.15) is 11.9 Å². The van der Waals surface area contributed by atoms with Gasteiger partial charge in [-0.15, -0.1) is 0 Å². The van der Waals surface area contributed by atoms with E-state index in [0.717, 1.165) is 35.4 Å². The van der Waals surface area contributed by atoms with Gasteiger partial charge >= 0.3 is 6.18 Å². The van der Waals surface area contributed by atoms with Gasteiger partial charge < -0.3 is 10.2 Å². The molecule has 0 radical (unpaired) electrons. The van der Waals surface area contributed by atoms with Crippen molar-refractivity contribution in [2.24, 2.45) is 0 Å². The molecular formula is C17H14BrF3N4. The van der Waals surface area contributed by atoms with Gasteiger partial charge in [-0.1, -0.05) is 15.9 Å². The van der Waals surface area contributed by atoms with Crippen LogP contribution in [0.15, 0.2) is 41.0 Å². The van der Waals surface area contributed by atoms with Gasteiger partial charge in [0.05, 0.1) is 16.8 Å². The molecule has 1 fully saturated rings. The van der Waals surface area contributed by atoms with Crippen molar-refractivity contribution in [2.75, 3.05) is 23.3 Å². The quantitative estimate of drug-likeness (QED) is 0.813. The van der Waals surface area contributed by atoms with Gasteiger partial charge in [0.25, 0.3) is 0 Å². The number of aromatic nitrogens is 1. The Hall–Kier alpha value is -2.27. The van der Waals surface area contributed by atoms with Crippen molar-refractivity contribution in [2.45, 2.75) is 18.6 Å². The first-order valence-electron chi connectivity index (χ1n) is 7.61. The van der Waals surface area contributed by atoms with E-state index in [0.29, 0.717) is 17.9 Å². The summed E-state index contributed by atoms with van der Waals surface area (Å²) in [4.78, 5) is 5.93. The van der Waals surface area contributed by atoms with Crippen LogP contribution in [0.5, 0.6) is 0 Å². The van der Waals surface area contributed by atoms with Crippen molar-refractivity contribution in [1.29, 1.82) is 5.26 Å². The molecule has 25 heavy (non-hydrogen) atoms. The highest BCUT2D eigenvalue weighted by molar-refractivity contribution is 9.10. The van der Waals surface area contributed by atoms with Crippen molar-refractivity contribution < 1.29 is 13.2 Å². The van der Waals surface area contributed by atoms with E-state index < -0.39 is 11.7 Å². The lowest BCUT2D eigenvalue weighted by Crippen LogP contribution is -2.26. The number of anilines is 2. The third-order valence-electron chi connectivity index (χ3n) is 4.05. The zero-order chi connectivity index (χ0) is 18.0. The van der Waals surface area contributed by atoms with Gasteiger partial charge in [-0.05, 0) is 36.8 Å². The van der Waals surface area contributed by atoms with E-state index in [1.54, 1.807) is 6.07 Å². The zero-order valence-electron chi connectivity index (χ0n) is 13.0. The minimum Gasteiger partial charge on any atom is -0.368 e. The predicted molar refractivity (Wildman–Crippen MR) is 92.3 cm³/mol. The minimum atomic E-state index is -4.38. The molecule has 130 valence electrons. The van der Waals surface area contributed by atoms with E-state index in [1.165, 1.54) is 6.07 Å². The molecule has 2 heterocycles. The van der Waals surface area contributed by atoms with Gasteiger partial charge in [0.15, 0.2) is 0 Å². The molecule has 8 heteroatoms. The number of alkyl halides is 3. The number of pyridine rings is 1. The van der Waals surface area contributed by atoms with Crippen molar-refractivity contribution in [3.8, 4) is 6.07 Å². The molecule has 3 rings (SSSR count). The van der Waals surface area contributed by atoms with Crippen LogP contribution in [-0.2, 0) is 6.18 Å². The molecule has 1 aromatic heterocycles. The first-order chi connectivity index (χ1) is 11.9. The van der Waals surface area contributed by atoms with Gasteiger partial charge in [0, 0.05) is 29.8 Å². The largest absolute Gasteiger partial charge is 0.417 e. The van der Waals surface area contributed by atoms with Crippen LogP contribution in [0.1, 0.15) is 17.5 Å². The molecule has 0 spiro atoms. The van der Waals surface area contributed by atoms with Gasteiger partial charge in [-0.3, -0.25) is 0 Å². The highest BCUT2D eigenvalue weighted by Gasteiger charge is 2.31. The number of halogens is 4. The summed E-state index contributed by atoms with van der Waals surface area (Å²) in [6, 6.07) is 10.1. The molecule has 1 atom stereocenters. The maximum Gasteiger partial charge on any atom is 0.417 e. The third-order valence-corrected chi connectivity index (χ3v) is 4.54. The fraction of sp³-hybridized carbons (Fsp3) is 0.294. The fourth-order valence-corrected chi connectivity index (χ4v) is 3.19. The number of nitrogens with zero attached hydrogens (tertiary/aromatic N) is 3.